The highest BCUT2D eigenvalue weighted by Crippen LogP contribution is 2.18. The second kappa shape index (κ2) is 10.5. The van der Waals surface area contributed by atoms with Crippen LogP contribution in [0.2, 0.25) is 0 Å². The first kappa shape index (κ1) is 18.7. The number of halogens is 1. The van der Waals surface area contributed by atoms with Crippen molar-refractivity contribution in [1.29, 1.82) is 0 Å². The van der Waals surface area contributed by atoms with Gasteiger partial charge in [0.05, 0.1) is 0 Å². The Morgan fingerprint density at radius 2 is 1.90 bits per heavy atom. The Hall–Kier alpha value is -1.26. The second-order valence-corrected chi connectivity index (χ2v) is 4.86. The second-order valence-electron chi connectivity index (χ2n) is 4.86. The van der Waals surface area contributed by atoms with Crippen LogP contribution < -0.4 is 15.8 Å². The van der Waals surface area contributed by atoms with Gasteiger partial charge in [0, 0.05) is 6.54 Å². The number of nitrogens with two attached hydrogens (primary N) is 1. The molecule has 1 rings (SSSR count). The molecule has 1 amide bonds. The van der Waals surface area contributed by atoms with Gasteiger partial charge in [-0.15, -0.1) is 12.4 Å². The number of unbranched alkanes of at least 4 members (excludes halogenated alkanes) is 1. The summed E-state index contributed by atoms with van der Waals surface area (Å²) in [7, 11) is 0. The lowest BCUT2D eigenvalue weighted by Gasteiger charge is -2.09. The number of hydrogen-bond acceptors (Lipinski definition) is 3. The Kier molecular flexibility index (Phi) is 9.86. The van der Waals surface area contributed by atoms with Crippen molar-refractivity contribution in [2.24, 2.45) is 5.73 Å². The van der Waals surface area contributed by atoms with Gasteiger partial charge in [0.1, 0.15) is 5.75 Å². The number of nitrogens with one attached hydrogen (secondary N) is 1. The maximum absolute atomic E-state index is 11.5. The van der Waals surface area contributed by atoms with Crippen LogP contribution in [0.5, 0.6) is 5.75 Å². The fraction of sp³-hybridized carbons (Fsp3) is 0.533. The topological polar surface area (TPSA) is 64.3 Å². The maximum atomic E-state index is 11.5. The third kappa shape index (κ3) is 7.36. The van der Waals surface area contributed by atoms with Crippen LogP contribution in [-0.4, -0.2) is 25.6 Å². The molecule has 0 unspecified atom stereocenters. The van der Waals surface area contributed by atoms with Gasteiger partial charge in [-0.1, -0.05) is 26.0 Å². The van der Waals surface area contributed by atoms with E-state index in [9.17, 15) is 4.79 Å². The van der Waals surface area contributed by atoms with E-state index in [0.717, 1.165) is 18.6 Å². The molecule has 1 aromatic rings. The molecule has 20 heavy (non-hydrogen) atoms. The van der Waals surface area contributed by atoms with Gasteiger partial charge >= 0.3 is 0 Å². The zero-order valence-corrected chi connectivity index (χ0v) is 13.0. The van der Waals surface area contributed by atoms with E-state index in [0.29, 0.717) is 19.0 Å². The lowest BCUT2D eigenvalue weighted by Crippen LogP contribution is -2.29. The summed E-state index contributed by atoms with van der Waals surface area (Å²) in [5.41, 5.74) is 6.64. The molecule has 0 heterocycles. The Bertz CT molecular complexity index is 380. The van der Waals surface area contributed by atoms with Crippen molar-refractivity contribution in [3.05, 3.63) is 29.8 Å². The van der Waals surface area contributed by atoms with E-state index in [1.165, 1.54) is 5.56 Å². The van der Waals surface area contributed by atoms with Crippen molar-refractivity contribution in [3.63, 3.8) is 0 Å². The molecule has 0 saturated carbocycles. The van der Waals surface area contributed by atoms with Crippen LogP contribution in [-0.2, 0) is 4.79 Å². The van der Waals surface area contributed by atoms with Crippen LogP contribution in [0.3, 0.4) is 0 Å². The van der Waals surface area contributed by atoms with E-state index < -0.39 is 0 Å². The third-order valence-corrected chi connectivity index (χ3v) is 2.87. The van der Waals surface area contributed by atoms with Gasteiger partial charge in [0.15, 0.2) is 6.61 Å². The van der Waals surface area contributed by atoms with Gasteiger partial charge in [-0.2, -0.15) is 0 Å². The highest BCUT2D eigenvalue weighted by molar-refractivity contribution is 5.85. The van der Waals surface area contributed by atoms with E-state index in [1.54, 1.807) is 0 Å². The molecule has 0 spiro atoms. The predicted octanol–water partition coefficient (Wildman–Crippen LogP) is 2.47. The first-order valence-corrected chi connectivity index (χ1v) is 6.83. The smallest absolute Gasteiger partial charge is 0.257 e. The van der Waals surface area contributed by atoms with Crippen molar-refractivity contribution in [1.82, 2.24) is 5.32 Å². The quantitative estimate of drug-likeness (QED) is 0.725. The van der Waals surface area contributed by atoms with Crippen LogP contribution >= 0.6 is 12.4 Å². The first-order valence-electron chi connectivity index (χ1n) is 6.83. The van der Waals surface area contributed by atoms with E-state index >= 15 is 0 Å². The van der Waals surface area contributed by atoms with E-state index in [-0.39, 0.29) is 24.9 Å². The highest BCUT2D eigenvalue weighted by Gasteiger charge is 2.03. The van der Waals surface area contributed by atoms with Gasteiger partial charge in [-0.25, -0.2) is 0 Å². The molecular formula is C15H25ClN2O2. The van der Waals surface area contributed by atoms with Crippen LogP contribution in [0.15, 0.2) is 24.3 Å². The fourth-order valence-corrected chi connectivity index (χ4v) is 1.65. The van der Waals surface area contributed by atoms with E-state index in [4.69, 9.17) is 10.5 Å². The Morgan fingerprint density at radius 1 is 1.25 bits per heavy atom. The summed E-state index contributed by atoms with van der Waals surface area (Å²) in [6, 6.07) is 7.85. The molecule has 4 nitrogen and oxygen atoms in total. The Balaban J connectivity index is 0.00000361. The molecule has 0 aliphatic heterocycles. The Morgan fingerprint density at radius 3 is 2.45 bits per heavy atom. The summed E-state index contributed by atoms with van der Waals surface area (Å²) >= 11 is 0. The minimum Gasteiger partial charge on any atom is -0.484 e. The van der Waals surface area contributed by atoms with Crippen molar-refractivity contribution in [2.45, 2.75) is 32.6 Å². The zero-order valence-electron chi connectivity index (χ0n) is 12.2. The largest absolute Gasteiger partial charge is 0.484 e. The molecule has 0 aliphatic carbocycles. The average molecular weight is 301 g/mol. The number of hydrogen-bond donors (Lipinski definition) is 2. The number of carbonyl (C=O) groups is 1. The predicted molar refractivity (Wildman–Crippen MR) is 84.6 cm³/mol. The lowest BCUT2D eigenvalue weighted by atomic mass is 10.0. The molecule has 1 aromatic carbocycles. The van der Waals surface area contributed by atoms with Crippen molar-refractivity contribution < 1.29 is 9.53 Å². The molecule has 114 valence electrons. The average Bonchev–Trinajstić information content (AvgIpc) is 2.42. The molecule has 0 radical (unpaired) electrons. The van der Waals surface area contributed by atoms with E-state index in [2.05, 4.69) is 19.2 Å². The molecule has 5 heteroatoms. The molecular weight excluding hydrogens is 276 g/mol. The minimum atomic E-state index is -0.0926. The number of carbonyl (C=O) groups excluding carboxylic acids is 1. The Labute approximate surface area is 127 Å². The van der Waals surface area contributed by atoms with Gasteiger partial charge in [-0.3, -0.25) is 4.79 Å². The monoisotopic (exact) mass is 300 g/mol. The minimum absolute atomic E-state index is 0. The van der Waals surface area contributed by atoms with Crippen LogP contribution in [0.1, 0.15) is 38.2 Å². The molecule has 0 atom stereocenters. The van der Waals surface area contributed by atoms with Gasteiger partial charge in [-0.05, 0) is 43.0 Å². The number of amides is 1. The van der Waals surface area contributed by atoms with Crippen LogP contribution in [0, 0.1) is 0 Å². The normalized spacial score (nSPS) is 10.0. The SMILES string of the molecule is CC(C)c1ccc(OCC(=O)NCCCCN)cc1.Cl. The van der Waals surface area contributed by atoms with Gasteiger partial charge in [0.25, 0.3) is 5.91 Å². The summed E-state index contributed by atoms with van der Waals surface area (Å²) in [5, 5.41) is 2.80. The number of ether oxygens (including phenoxy) is 1. The maximum Gasteiger partial charge on any atom is 0.257 e. The van der Waals surface area contributed by atoms with E-state index in [1.807, 2.05) is 24.3 Å². The highest BCUT2D eigenvalue weighted by atomic mass is 35.5. The molecule has 0 aromatic heterocycles. The zero-order chi connectivity index (χ0) is 14.1. The van der Waals surface area contributed by atoms with Gasteiger partial charge < -0.3 is 15.8 Å². The number of benzene rings is 1. The summed E-state index contributed by atoms with van der Waals surface area (Å²) in [6.07, 6.45) is 1.84. The van der Waals surface area contributed by atoms with Crippen molar-refractivity contribution >= 4 is 18.3 Å². The molecule has 0 aliphatic rings. The summed E-state index contributed by atoms with van der Waals surface area (Å²) in [4.78, 5) is 11.5. The lowest BCUT2D eigenvalue weighted by molar-refractivity contribution is -0.123. The molecule has 0 fully saturated rings. The summed E-state index contributed by atoms with van der Waals surface area (Å²) in [6.45, 7) is 5.67. The number of rotatable bonds is 8. The van der Waals surface area contributed by atoms with Crippen LogP contribution in [0.25, 0.3) is 0 Å². The summed E-state index contributed by atoms with van der Waals surface area (Å²) in [5.74, 6) is 1.13. The molecule has 0 bridgehead atoms. The first-order chi connectivity index (χ1) is 9.13. The fourth-order valence-electron chi connectivity index (χ4n) is 1.65. The van der Waals surface area contributed by atoms with Gasteiger partial charge in [0.2, 0.25) is 0 Å². The third-order valence-electron chi connectivity index (χ3n) is 2.87. The standard InChI is InChI=1S/C15H24N2O2.ClH/c1-12(2)13-5-7-14(8-6-13)19-11-15(18)17-10-4-3-9-16;/h5-8,12H,3-4,9-11,16H2,1-2H3,(H,17,18);1H. The molecule has 0 saturated heterocycles. The van der Waals surface area contributed by atoms with Crippen LogP contribution in [0.4, 0.5) is 0 Å². The summed E-state index contributed by atoms with van der Waals surface area (Å²) < 4.78 is 5.42. The van der Waals surface area contributed by atoms with Crippen molar-refractivity contribution in [3.8, 4) is 5.75 Å². The molecule has 3 N–H and O–H groups in total. The van der Waals surface area contributed by atoms with Crippen molar-refractivity contribution in [2.75, 3.05) is 19.7 Å².